The number of carboxylic acid groups (broad SMARTS) is 1. The van der Waals surface area contributed by atoms with Gasteiger partial charge in [-0.1, -0.05) is 18.2 Å². The van der Waals surface area contributed by atoms with E-state index in [9.17, 15) is 14.4 Å². The van der Waals surface area contributed by atoms with Crippen molar-refractivity contribution in [1.82, 2.24) is 9.80 Å². The molecule has 2 amide bonds. The highest BCUT2D eigenvalue weighted by molar-refractivity contribution is 5.94. The Morgan fingerprint density at radius 1 is 0.909 bits per heavy atom. The molecule has 0 spiro atoms. The lowest BCUT2D eigenvalue weighted by Gasteiger charge is -2.35. The van der Waals surface area contributed by atoms with Crippen LogP contribution in [0.3, 0.4) is 0 Å². The monoisotopic (exact) mass is 304 g/mol. The zero-order valence-electron chi connectivity index (χ0n) is 12.4. The molecule has 1 heterocycles. The van der Waals surface area contributed by atoms with Gasteiger partial charge in [-0.2, -0.15) is 0 Å². The summed E-state index contributed by atoms with van der Waals surface area (Å²) in [6.07, 6.45) is 0.620. The summed E-state index contributed by atoms with van der Waals surface area (Å²) in [7, 11) is 0. The summed E-state index contributed by atoms with van der Waals surface area (Å²) >= 11 is 0. The summed E-state index contributed by atoms with van der Waals surface area (Å²) in [5, 5.41) is 8.57. The number of benzene rings is 1. The first kappa shape index (κ1) is 16.0. The molecule has 1 aliphatic rings. The fourth-order valence-electron chi connectivity index (χ4n) is 2.47. The normalized spacial score (nSPS) is 14.7. The Labute approximate surface area is 129 Å². The van der Waals surface area contributed by atoms with Gasteiger partial charge in [-0.15, -0.1) is 0 Å². The highest BCUT2D eigenvalue weighted by Gasteiger charge is 2.24. The summed E-state index contributed by atoms with van der Waals surface area (Å²) in [6, 6.07) is 9.09. The Morgan fingerprint density at radius 3 is 2.09 bits per heavy atom. The number of nitrogens with zero attached hydrogens (tertiary/aromatic N) is 2. The molecule has 1 aliphatic heterocycles. The van der Waals surface area contributed by atoms with E-state index in [1.807, 2.05) is 18.2 Å². The van der Waals surface area contributed by atoms with Gasteiger partial charge in [-0.05, 0) is 18.6 Å². The molecule has 1 aromatic rings. The third-order valence-electron chi connectivity index (χ3n) is 3.72. The molecule has 0 aromatic heterocycles. The Balaban J connectivity index is 1.79. The van der Waals surface area contributed by atoms with Gasteiger partial charge >= 0.3 is 5.97 Å². The third kappa shape index (κ3) is 4.31. The Morgan fingerprint density at radius 2 is 1.50 bits per heavy atom. The number of piperazine rings is 1. The van der Waals surface area contributed by atoms with Gasteiger partial charge in [0.1, 0.15) is 0 Å². The topological polar surface area (TPSA) is 77.9 Å². The van der Waals surface area contributed by atoms with E-state index < -0.39 is 5.97 Å². The number of hydrogen-bond acceptors (Lipinski definition) is 3. The van der Waals surface area contributed by atoms with Crippen LogP contribution in [0.5, 0.6) is 0 Å². The van der Waals surface area contributed by atoms with Crippen molar-refractivity contribution in [3.63, 3.8) is 0 Å². The fraction of sp³-hybridized carbons (Fsp3) is 0.438. The van der Waals surface area contributed by atoms with E-state index in [1.54, 1.807) is 21.9 Å². The van der Waals surface area contributed by atoms with E-state index in [-0.39, 0.29) is 24.7 Å². The molecular formula is C16H20N2O4. The van der Waals surface area contributed by atoms with Crippen molar-refractivity contribution in [3.8, 4) is 0 Å². The Kier molecular flexibility index (Phi) is 5.52. The van der Waals surface area contributed by atoms with Gasteiger partial charge in [0, 0.05) is 44.6 Å². The highest BCUT2D eigenvalue weighted by Crippen LogP contribution is 2.10. The first-order chi connectivity index (χ1) is 10.6. The van der Waals surface area contributed by atoms with Crippen LogP contribution in [0.25, 0.3) is 0 Å². The lowest BCUT2D eigenvalue weighted by Crippen LogP contribution is -2.50. The minimum atomic E-state index is -0.883. The number of aliphatic carboxylic acids is 1. The van der Waals surface area contributed by atoms with Crippen molar-refractivity contribution in [1.29, 1.82) is 0 Å². The second-order valence-corrected chi connectivity index (χ2v) is 5.29. The first-order valence-corrected chi connectivity index (χ1v) is 7.42. The van der Waals surface area contributed by atoms with Crippen LogP contribution in [0, 0.1) is 0 Å². The highest BCUT2D eigenvalue weighted by atomic mass is 16.4. The molecule has 6 nitrogen and oxygen atoms in total. The minimum absolute atomic E-state index is 0.0121. The summed E-state index contributed by atoms with van der Waals surface area (Å²) < 4.78 is 0. The lowest BCUT2D eigenvalue weighted by molar-refractivity contribution is -0.137. The molecule has 0 aliphatic carbocycles. The molecule has 0 bridgehead atoms. The third-order valence-corrected chi connectivity index (χ3v) is 3.72. The van der Waals surface area contributed by atoms with E-state index in [1.165, 1.54) is 0 Å². The Bertz CT molecular complexity index is 536. The number of hydrogen-bond donors (Lipinski definition) is 1. The van der Waals surface area contributed by atoms with Crippen LogP contribution >= 0.6 is 0 Å². The number of carbonyl (C=O) groups excluding carboxylic acids is 2. The smallest absolute Gasteiger partial charge is 0.303 e. The molecule has 1 N–H and O–H groups in total. The molecule has 2 rings (SSSR count). The van der Waals surface area contributed by atoms with Crippen LogP contribution in [0.4, 0.5) is 0 Å². The van der Waals surface area contributed by atoms with Crippen LogP contribution in [-0.4, -0.2) is 58.9 Å². The van der Waals surface area contributed by atoms with Crippen molar-refractivity contribution in [3.05, 3.63) is 35.9 Å². The van der Waals surface area contributed by atoms with Crippen LogP contribution in [0.15, 0.2) is 30.3 Å². The fourth-order valence-corrected chi connectivity index (χ4v) is 2.47. The SMILES string of the molecule is O=C(O)CCCC(=O)N1CCN(C(=O)c2ccccc2)CC1. The summed E-state index contributed by atoms with van der Waals surface area (Å²) in [4.78, 5) is 38.1. The lowest BCUT2D eigenvalue weighted by atomic mass is 10.1. The van der Waals surface area contributed by atoms with Gasteiger partial charge in [-0.3, -0.25) is 14.4 Å². The van der Waals surface area contributed by atoms with Crippen molar-refractivity contribution in [2.24, 2.45) is 0 Å². The molecule has 0 saturated carbocycles. The molecule has 0 unspecified atom stereocenters. The van der Waals surface area contributed by atoms with Crippen molar-refractivity contribution in [2.45, 2.75) is 19.3 Å². The van der Waals surface area contributed by atoms with Crippen molar-refractivity contribution < 1.29 is 19.5 Å². The van der Waals surface area contributed by atoms with Gasteiger partial charge in [0.15, 0.2) is 0 Å². The van der Waals surface area contributed by atoms with Gasteiger partial charge in [0.2, 0.25) is 5.91 Å². The molecular weight excluding hydrogens is 284 g/mol. The van der Waals surface area contributed by atoms with E-state index in [2.05, 4.69) is 0 Å². The molecule has 1 fully saturated rings. The first-order valence-electron chi connectivity index (χ1n) is 7.42. The number of carboxylic acids is 1. The predicted molar refractivity (Wildman–Crippen MR) is 80.4 cm³/mol. The second kappa shape index (κ2) is 7.59. The van der Waals surface area contributed by atoms with E-state index in [0.29, 0.717) is 38.2 Å². The van der Waals surface area contributed by atoms with Crippen LogP contribution in [-0.2, 0) is 9.59 Å². The standard InChI is InChI=1S/C16H20N2O4/c19-14(7-4-8-15(20)21)17-9-11-18(12-10-17)16(22)13-5-2-1-3-6-13/h1-3,5-6H,4,7-12H2,(H,20,21). The van der Waals surface area contributed by atoms with Gasteiger partial charge in [0.05, 0.1) is 0 Å². The van der Waals surface area contributed by atoms with Gasteiger partial charge in [-0.25, -0.2) is 0 Å². The molecule has 22 heavy (non-hydrogen) atoms. The zero-order chi connectivity index (χ0) is 15.9. The summed E-state index contributed by atoms with van der Waals surface area (Å²) in [5.41, 5.74) is 0.656. The number of rotatable bonds is 5. The molecule has 1 aromatic carbocycles. The molecule has 1 saturated heterocycles. The van der Waals surface area contributed by atoms with Crippen LogP contribution in [0.2, 0.25) is 0 Å². The predicted octanol–water partition coefficient (Wildman–Crippen LogP) is 1.23. The molecule has 0 atom stereocenters. The summed E-state index contributed by atoms with van der Waals surface area (Å²) in [5.74, 6) is -0.933. The van der Waals surface area contributed by atoms with Crippen molar-refractivity contribution in [2.75, 3.05) is 26.2 Å². The van der Waals surface area contributed by atoms with E-state index in [0.717, 1.165) is 0 Å². The minimum Gasteiger partial charge on any atom is -0.481 e. The average molecular weight is 304 g/mol. The molecule has 0 radical (unpaired) electrons. The molecule has 6 heteroatoms. The zero-order valence-corrected chi connectivity index (χ0v) is 12.4. The quantitative estimate of drug-likeness (QED) is 0.887. The van der Waals surface area contributed by atoms with Gasteiger partial charge in [0.25, 0.3) is 5.91 Å². The second-order valence-electron chi connectivity index (χ2n) is 5.29. The van der Waals surface area contributed by atoms with Crippen LogP contribution in [0.1, 0.15) is 29.6 Å². The number of carbonyl (C=O) groups is 3. The average Bonchev–Trinajstić information content (AvgIpc) is 2.54. The largest absolute Gasteiger partial charge is 0.481 e. The molecule has 118 valence electrons. The van der Waals surface area contributed by atoms with E-state index >= 15 is 0 Å². The van der Waals surface area contributed by atoms with Crippen molar-refractivity contribution >= 4 is 17.8 Å². The van der Waals surface area contributed by atoms with Gasteiger partial charge < -0.3 is 14.9 Å². The maximum atomic E-state index is 12.3. The van der Waals surface area contributed by atoms with E-state index in [4.69, 9.17) is 5.11 Å². The summed E-state index contributed by atoms with van der Waals surface area (Å²) in [6.45, 7) is 2.03. The maximum absolute atomic E-state index is 12.3. The number of amides is 2. The van der Waals surface area contributed by atoms with Crippen LogP contribution < -0.4 is 0 Å². The Hall–Kier alpha value is -2.37. The maximum Gasteiger partial charge on any atom is 0.303 e.